The zero-order valence-electron chi connectivity index (χ0n) is 18.2. The summed E-state index contributed by atoms with van der Waals surface area (Å²) < 4.78 is 37.0. The van der Waals surface area contributed by atoms with Gasteiger partial charge in [-0.15, -0.1) is 0 Å². The minimum Gasteiger partial charge on any atom is -0.455 e. The van der Waals surface area contributed by atoms with Crippen LogP contribution in [0.2, 0.25) is 0 Å². The molecule has 1 aromatic rings. The Morgan fingerprint density at radius 3 is 2.41 bits per heavy atom. The first kappa shape index (κ1) is 25.3. The monoisotopic (exact) mass is 499 g/mol. The molecule has 0 radical (unpaired) electrons. The predicted octanol–water partition coefficient (Wildman–Crippen LogP) is -0.430. The molecule has 2 fully saturated rings. The van der Waals surface area contributed by atoms with E-state index >= 15 is 0 Å². The van der Waals surface area contributed by atoms with E-state index in [0.29, 0.717) is 12.8 Å². The average molecular weight is 500 g/mol. The van der Waals surface area contributed by atoms with E-state index in [9.17, 15) is 32.9 Å². The second-order valence-corrected chi connectivity index (χ2v) is 9.64. The maximum atomic E-state index is 12.9. The number of hydrogen-bond donors (Lipinski definition) is 2. The van der Waals surface area contributed by atoms with Gasteiger partial charge in [0, 0.05) is 32.2 Å². The fourth-order valence-corrected chi connectivity index (χ4v) is 5.23. The highest BCUT2D eigenvalue weighted by Gasteiger charge is 2.32. The van der Waals surface area contributed by atoms with E-state index in [4.69, 9.17) is 15.2 Å². The number of benzene rings is 1. The largest absolute Gasteiger partial charge is 0.455 e. The third kappa shape index (κ3) is 5.98. The van der Waals surface area contributed by atoms with Crippen LogP contribution in [-0.4, -0.2) is 81.6 Å². The molecule has 0 spiro atoms. The second-order valence-electron chi connectivity index (χ2n) is 7.71. The third-order valence-corrected chi connectivity index (χ3v) is 7.42. The topological polar surface area (TPSA) is 191 Å². The van der Waals surface area contributed by atoms with Crippen LogP contribution in [0.1, 0.15) is 12.8 Å². The lowest BCUT2D eigenvalue weighted by molar-refractivity contribution is -0.384. The number of ether oxygens (including phenoxy) is 2. The quantitative estimate of drug-likeness (QED) is 0.283. The first-order valence-corrected chi connectivity index (χ1v) is 11.9. The Labute approximate surface area is 195 Å². The maximum absolute atomic E-state index is 12.9. The minimum absolute atomic E-state index is 0.169. The molecule has 0 unspecified atom stereocenters. The molecule has 2 aliphatic rings. The van der Waals surface area contributed by atoms with Crippen LogP contribution in [0.3, 0.4) is 0 Å². The molecule has 0 aromatic heterocycles. The van der Waals surface area contributed by atoms with Crippen molar-refractivity contribution in [1.82, 2.24) is 9.62 Å². The van der Waals surface area contributed by atoms with Crippen LogP contribution < -0.4 is 16.0 Å². The van der Waals surface area contributed by atoms with Gasteiger partial charge in [0.05, 0.1) is 29.0 Å². The molecule has 34 heavy (non-hydrogen) atoms. The van der Waals surface area contributed by atoms with Gasteiger partial charge in [0.25, 0.3) is 11.6 Å². The summed E-state index contributed by atoms with van der Waals surface area (Å²) in [5, 5.41) is 13.5. The number of primary amides is 1. The van der Waals surface area contributed by atoms with Crippen LogP contribution in [0.4, 0.5) is 16.2 Å². The second kappa shape index (κ2) is 10.8. The zero-order chi connectivity index (χ0) is 24.9. The molecule has 3 amide bonds. The van der Waals surface area contributed by atoms with Gasteiger partial charge in [0.2, 0.25) is 10.0 Å². The van der Waals surface area contributed by atoms with Crippen LogP contribution in [0.15, 0.2) is 23.1 Å². The van der Waals surface area contributed by atoms with Crippen molar-refractivity contribution in [3.63, 3.8) is 0 Å². The Hall–Kier alpha value is -3.30. The first-order chi connectivity index (χ1) is 16.1. The average Bonchev–Trinajstić information content (AvgIpc) is 2.82. The molecule has 3 rings (SSSR count). The predicted molar refractivity (Wildman–Crippen MR) is 116 cm³/mol. The summed E-state index contributed by atoms with van der Waals surface area (Å²) in [4.78, 5) is 46.8. The Kier molecular flexibility index (Phi) is 8.01. The highest BCUT2D eigenvalue weighted by Crippen LogP contribution is 2.34. The summed E-state index contributed by atoms with van der Waals surface area (Å²) in [5.41, 5.74) is 4.71. The van der Waals surface area contributed by atoms with E-state index < -0.39 is 45.4 Å². The van der Waals surface area contributed by atoms with Gasteiger partial charge in [0.1, 0.15) is 5.69 Å². The van der Waals surface area contributed by atoms with Crippen molar-refractivity contribution in [2.24, 2.45) is 11.7 Å². The van der Waals surface area contributed by atoms with Crippen molar-refractivity contribution < 1.29 is 37.2 Å². The number of amides is 3. The summed E-state index contributed by atoms with van der Waals surface area (Å²) in [6, 6.07) is 2.74. The fourth-order valence-electron chi connectivity index (χ4n) is 3.80. The molecule has 0 aliphatic carbocycles. The number of rotatable bonds is 7. The normalized spacial score (nSPS) is 17.7. The minimum atomic E-state index is -3.90. The van der Waals surface area contributed by atoms with E-state index in [0.717, 1.165) is 6.07 Å². The SMILES string of the molecule is NC(=O)NC(=O)COC(=O)C1CCN(c2ccc(S(=O)(=O)N3CCOCC3)cc2[N+](=O)[O-])CC1. The van der Waals surface area contributed by atoms with Crippen LogP contribution in [0.25, 0.3) is 0 Å². The van der Waals surface area contributed by atoms with Gasteiger partial charge in [-0.2, -0.15) is 4.31 Å². The van der Waals surface area contributed by atoms with Gasteiger partial charge in [-0.3, -0.25) is 25.0 Å². The molecular formula is C19H25N5O9S. The number of nitrogens with one attached hydrogen (secondary N) is 1. The maximum Gasteiger partial charge on any atom is 0.318 e. The lowest BCUT2D eigenvalue weighted by Gasteiger charge is -2.32. The summed E-state index contributed by atoms with van der Waals surface area (Å²) >= 11 is 0. The van der Waals surface area contributed by atoms with Crippen LogP contribution >= 0.6 is 0 Å². The fraction of sp³-hybridized carbons (Fsp3) is 0.526. The number of nitrogens with zero attached hydrogens (tertiary/aromatic N) is 3. The molecule has 0 atom stereocenters. The molecule has 14 nitrogen and oxygen atoms in total. The Bertz CT molecular complexity index is 1060. The molecule has 0 bridgehead atoms. The van der Waals surface area contributed by atoms with Gasteiger partial charge in [-0.1, -0.05) is 0 Å². The number of nitrogens with two attached hydrogens (primary N) is 1. The molecule has 186 valence electrons. The van der Waals surface area contributed by atoms with Crippen LogP contribution in [0, 0.1) is 16.0 Å². The number of anilines is 1. The number of urea groups is 1. The molecule has 15 heteroatoms. The Balaban J connectivity index is 1.66. The van der Waals surface area contributed by atoms with Crippen molar-refractivity contribution in [3.8, 4) is 0 Å². The highest BCUT2D eigenvalue weighted by molar-refractivity contribution is 7.89. The zero-order valence-corrected chi connectivity index (χ0v) is 19.0. The van der Waals surface area contributed by atoms with Gasteiger partial charge in [0.15, 0.2) is 6.61 Å². The molecule has 2 heterocycles. The van der Waals surface area contributed by atoms with E-state index in [-0.39, 0.29) is 55.7 Å². The number of nitro groups is 1. The van der Waals surface area contributed by atoms with Gasteiger partial charge >= 0.3 is 12.0 Å². The lowest BCUT2D eigenvalue weighted by Crippen LogP contribution is -2.41. The summed E-state index contributed by atoms with van der Waals surface area (Å²) in [7, 11) is -3.90. The van der Waals surface area contributed by atoms with E-state index in [1.807, 2.05) is 0 Å². The van der Waals surface area contributed by atoms with Gasteiger partial charge in [-0.05, 0) is 25.0 Å². The van der Waals surface area contributed by atoms with E-state index in [1.54, 1.807) is 10.2 Å². The lowest BCUT2D eigenvalue weighted by atomic mass is 9.96. The number of piperidine rings is 1. The first-order valence-electron chi connectivity index (χ1n) is 10.5. The Morgan fingerprint density at radius 2 is 1.82 bits per heavy atom. The molecule has 1 aromatic carbocycles. The molecule has 0 saturated carbocycles. The standard InChI is InChI=1S/C19H25N5O9S/c20-19(27)21-17(25)12-33-18(26)13-3-5-22(6-4-13)15-2-1-14(11-16(15)24(28)29)34(30,31)23-7-9-32-10-8-23/h1-2,11,13H,3-10,12H2,(H3,20,21,25,27). The van der Waals surface area contributed by atoms with Crippen molar-refractivity contribution in [2.75, 3.05) is 50.9 Å². The van der Waals surface area contributed by atoms with Crippen molar-refractivity contribution in [3.05, 3.63) is 28.3 Å². The number of sulfonamides is 1. The number of carbonyl (C=O) groups is 3. The number of carbonyl (C=O) groups excluding carboxylic acids is 3. The molecule has 2 aliphatic heterocycles. The smallest absolute Gasteiger partial charge is 0.318 e. The van der Waals surface area contributed by atoms with Gasteiger partial charge in [-0.25, -0.2) is 13.2 Å². The van der Waals surface area contributed by atoms with Crippen molar-refractivity contribution >= 4 is 39.3 Å². The number of morpholine rings is 1. The molecule has 2 saturated heterocycles. The molecule has 3 N–H and O–H groups in total. The van der Waals surface area contributed by atoms with Crippen molar-refractivity contribution in [2.45, 2.75) is 17.7 Å². The van der Waals surface area contributed by atoms with E-state index in [1.165, 1.54) is 16.4 Å². The number of hydrogen-bond acceptors (Lipinski definition) is 10. The highest BCUT2D eigenvalue weighted by atomic mass is 32.2. The summed E-state index contributed by atoms with van der Waals surface area (Å²) in [5.74, 6) is -2.00. The number of imide groups is 1. The Morgan fingerprint density at radius 1 is 1.18 bits per heavy atom. The van der Waals surface area contributed by atoms with Crippen molar-refractivity contribution in [1.29, 1.82) is 0 Å². The summed E-state index contributed by atoms with van der Waals surface area (Å²) in [6.07, 6.45) is 0.614. The van der Waals surface area contributed by atoms with Crippen LogP contribution in [0.5, 0.6) is 0 Å². The van der Waals surface area contributed by atoms with Crippen LogP contribution in [-0.2, 0) is 29.1 Å². The number of nitro benzene ring substituents is 1. The van der Waals surface area contributed by atoms with Gasteiger partial charge < -0.3 is 20.1 Å². The molecular weight excluding hydrogens is 474 g/mol. The number of esters is 1. The third-order valence-electron chi connectivity index (χ3n) is 5.53. The summed E-state index contributed by atoms with van der Waals surface area (Å²) in [6.45, 7) is 0.774. The van der Waals surface area contributed by atoms with E-state index in [2.05, 4.69) is 0 Å².